The predicted molar refractivity (Wildman–Crippen MR) is 73.9 cm³/mol. The van der Waals surface area contributed by atoms with Crippen LogP contribution in [0.1, 0.15) is 19.4 Å². The molecule has 0 saturated carbocycles. The zero-order chi connectivity index (χ0) is 13.2. The summed E-state index contributed by atoms with van der Waals surface area (Å²) in [6.07, 6.45) is -0.0154. The van der Waals surface area contributed by atoms with Gasteiger partial charge >= 0.3 is 0 Å². The van der Waals surface area contributed by atoms with Crippen LogP contribution in [0, 0.1) is 0 Å². The van der Waals surface area contributed by atoms with Gasteiger partial charge in [0, 0.05) is 22.0 Å². The molecule has 1 aromatic carbocycles. The lowest BCUT2D eigenvalue weighted by atomic mass is 9.91. The van der Waals surface area contributed by atoms with Gasteiger partial charge in [0.1, 0.15) is 0 Å². The summed E-state index contributed by atoms with van der Waals surface area (Å²) < 4.78 is 0. The fraction of sp³-hybridized carbons (Fsp3) is 0.538. The summed E-state index contributed by atoms with van der Waals surface area (Å²) in [5, 5.41) is 11.6. The van der Waals surface area contributed by atoms with Gasteiger partial charge in [-0.05, 0) is 51.7 Å². The highest BCUT2D eigenvalue weighted by molar-refractivity contribution is 6.33. The molecule has 0 bridgehead atoms. The summed E-state index contributed by atoms with van der Waals surface area (Å²) in [4.78, 5) is 2.00. The first-order valence-corrected chi connectivity index (χ1v) is 6.30. The van der Waals surface area contributed by atoms with Crippen molar-refractivity contribution in [2.24, 2.45) is 0 Å². The molecule has 0 saturated heterocycles. The maximum absolute atomic E-state index is 10.3. The van der Waals surface area contributed by atoms with Crippen LogP contribution in [-0.4, -0.2) is 35.7 Å². The summed E-state index contributed by atoms with van der Waals surface area (Å²) in [6.45, 7) is 3.99. The van der Waals surface area contributed by atoms with Crippen LogP contribution in [0.4, 0.5) is 0 Å². The number of hydrogen-bond acceptors (Lipinski definition) is 2. The Morgan fingerprint density at radius 2 is 1.88 bits per heavy atom. The molecule has 96 valence electrons. The van der Waals surface area contributed by atoms with E-state index in [9.17, 15) is 5.11 Å². The highest BCUT2D eigenvalue weighted by Crippen LogP contribution is 2.25. The van der Waals surface area contributed by atoms with Crippen molar-refractivity contribution in [3.05, 3.63) is 33.8 Å². The summed E-state index contributed by atoms with van der Waals surface area (Å²) in [6, 6.07) is 5.31. The summed E-state index contributed by atoms with van der Waals surface area (Å²) in [5.74, 6) is 0. The normalized spacial score (nSPS) is 14.1. The van der Waals surface area contributed by atoms with Crippen LogP contribution in [0.3, 0.4) is 0 Å². The Labute approximate surface area is 113 Å². The molecule has 0 aliphatic rings. The third-order valence-electron chi connectivity index (χ3n) is 3.39. The Morgan fingerprint density at radius 1 is 1.29 bits per heavy atom. The fourth-order valence-electron chi connectivity index (χ4n) is 1.46. The molecule has 1 unspecified atom stereocenters. The van der Waals surface area contributed by atoms with Crippen LogP contribution in [0.25, 0.3) is 0 Å². The van der Waals surface area contributed by atoms with Crippen LogP contribution < -0.4 is 0 Å². The molecular formula is C13H19Cl2NO. The average molecular weight is 276 g/mol. The van der Waals surface area contributed by atoms with E-state index in [1.54, 1.807) is 18.2 Å². The lowest BCUT2D eigenvalue weighted by Gasteiger charge is -2.37. The van der Waals surface area contributed by atoms with E-state index in [-0.39, 0.29) is 5.54 Å². The molecule has 1 aromatic rings. The van der Waals surface area contributed by atoms with E-state index in [2.05, 4.69) is 0 Å². The van der Waals surface area contributed by atoms with E-state index in [1.165, 1.54) is 0 Å². The molecule has 4 heteroatoms. The van der Waals surface area contributed by atoms with E-state index in [0.717, 1.165) is 5.56 Å². The van der Waals surface area contributed by atoms with Crippen molar-refractivity contribution in [1.82, 2.24) is 4.90 Å². The highest BCUT2D eigenvalue weighted by atomic mass is 35.5. The van der Waals surface area contributed by atoms with Gasteiger partial charge in [-0.2, -0.15) is 0 Å². The van der Waals surface area contributed by atoms with Crippen molar-refractivity contribution >= 4 is 23.2 Å². The molecule has 0 aliphatic carbocycles. The van der Waals surface area contributed by atoms with E-state index < -0.39 is 6.10 Å². The van der Waals surface area contributed by atoms with Gasteiger partial charge in [0.25, 0.3) is 0 Å². The van der Waals surface area contributed by atoms with Gasteiger partial charge in [-0.3, -0.25) is 0 Å². The van der Waals surface area contributed by atoms with Crippen molar-refractivity contribution in [1.29, 1.82) is 0 Å². The van der Waals surface area contributed by atoms with Crippen molar-refractivity contribution in [2.45, 2.75) is 31.9 Å². The molecule has 1 rings (SSSR count). The monoisotopic (exact) mass is 275 g/mol. The van der Waals surface area contributed by atoms with Crippen LogP contribution >= 0.6 is 23.2 Å². The topological polar surface area (TPSA) is 23.5 Å². The number of halogens is 2. The maximum Gasteiger partial charge on any atom is 0.0758 e. The Kier molecular flexibility index (Phi) is 4.85. The summed E-state index contributed by atoms with van der Waals surface area (Å²) in [5.41, 5.74) is 0.563. The third kappa shape index (κ3) is 3.59. The van der Waals surface area contributed by atoms with Gasteiger partial charge < -0.3 is 10.0 Å². The molecule has 1 N–H and O–H groups in total. The zero-order valence-electron chi connectivity index (χ0n) is 10.7. The van der Waals surface area contributed by atoms with E-state index in [0.29, 0.717) is 16.5 Å². The molecule has 0 amide bonds. The number of benzene rings is 1. The average Bonchev–Trinajstić information content (AvgIpc) is 2.23. The number of aliphatic hydroxyl groups excluding tert-OH is 1. The Bertz CT molecular complexity index is 391. The Hall–Kier alpha value is -0.280. The number of likely N-dealkylation sites (N-methyl/N-ethyl adjacent to an activating group) is 1. The molecule has 0 heterocycles. The first kappa shape index (κ1) is 14.8. The minimum absolute atomic E-state index is 0.314. The fourth-order valence-corrected chi connectivity index (χ4v) is 1.85. The van der Waals surface area contributed by atoms with E-state index in [4.69, 9.17) is 23.2 Å². The van der Waals surface area contributed by atoms with Gasteiger partial charge in [-0.1, -0.05) is 23.2 Å². The van der Waals surface area contributed by atoms with Gasteiger partial charge in [0.15, 0.2) is 0 Å². The molecule has 0 fully saturated rings. The van der Waals surface area contributed by atoms with Crippen LogP contribution in [0.5, 0.6) is 0 Å². The molecule has 0 radical (unpaired) electrons. The minimum Gasteiger partial charge on any atom is -0.391 e. The Morgan fingerprint density at radius 3 is 2.41 bits per heavy atom. The molecule has 2 nitrogen and oxygen atoms in total. The van der Waals surface area contributed by atoms with Gasteiger partial charge in [0.05, 0.1) is 6.10 Å². The summed E-state index contributed by atoms with van der Waals surface area (Å²) >= 11 is 12.0. The minimum atomic E-state index is -0.506. The highest BCUT2D eigenvalue weighted by Gasteiger charge is 2.30. The molecule has 17 heavy (non-hydrogen) atoms. The maximum atomic E-state index is 10.3. The first-order valence-electron chi connectivity index (χ1n) is 5.54. The number of nitrogens with zero attached hydrogens (tertiary/aromatic N) is 1. The van der Waals surface area contributed by atoms with Gasteiger partial charge in [0.2, 0.25) is 0 Å². The molecule has 0 aromatic heterocycles. The second-order valence-electron chi connectivity index (χ2n) is 5.00. The SMILES string of the molecule is CN(C)C(C)(C)C(O)Cc1cc(Cl)ccc1Cl. The van der Waals surface area contributed by atoms with Crippen molar-refractivity contribution in [2.75, 3.05) is 14.1 Å². The number of hydrogen-bond donors (Lipinski definition) is 1. The molecule has 1 atom stereocenters. The van der Waals surface area contributed by atoms with Crippen LogP contribution in [0.15, 0.2) is 18.2 Å². The number of rotatable bonds is 4. The molecular weight excluding hydrogens is 257 g/mol. The van der Waals surface area contributed by atoms with Gasteiger partial charge in [-0.25, -0.2) is 0 Å². The van der Waals surface area contributed by atoms with Gasteiger partial charge in [-0.15, -0.1) is 0 Å². The van der Waals surface area contributed by atoms with Crippen LogP contribution in [0.2, 0.25) is 10.0 Å². The quantitative estimate of drug-likeness (QED) is 0.912. The predicted octanol–water partition coefficient (Wildman–Crippen LogP) is 3.24. The van der Waals surface area contributed by atoms with Crippen molar-refractivity contribution in [3.63, 3.8) is 0 Å². The molecule has 0 spiro atoms. The Balaban J connectivity index is 2.88. The lowest BCUT2D eigenvalue weighted by molar-refractivity contribution is 0.0183. The van der Waals surface area contributed by atoms with Crippen molar-refractivity contribution < 1.29 is 5.11 Å². The molecule has 0 aliphatic heterocycles. The second-order valence-corrected chi connectivity index (χ2v) is 5.85. The van der Waals surface area contributed by atoms with E-state index in [1.807, 2.05) is 32.8 Å². The number of aliphatic hydroxyl groups is 1. The standard InChI is InChI=1S/C13H19Cl2NO/c1-13(2,16(3)4)12(17)8-9-7-10(14)5-6-11(9)15/h5-7,12,17H,8H2,1-4H3. The van der Waals surface area contributed by atoms with Crippen molar-refractivity contribution in [3.8, 4) is 0 Å². The summed E-state index contributed by atoms with van der Waals surface area (Å²) in [7, 11) is 3.89. The van der Waals surface area contributed by atoms with Crippen LogP contribution in [-0.2, 0) is 6.42 Å². The third-order valence-corrected chi connectivity index (χ3v) is 3.99. The largest absolute Gasteiger partial charge is 0.391 e. The smallest absolute Gasteiger partial charge is 0.0758 e. The zero-order valence-corrected chi connectivity index (χ0v) is 12.2. The lowest BCUT2D eigenvalue weighted by Crippen LogP contribution is -2.49. The first-order chi connectivity index (χ1) is 7.75. The van der Waals surface area contributed by atoms with E-state index >= 15 is 0 Å². The second kappa shape index (κ2) is 5.57.